The third kappa shape index (κ3) is 2.07. The van der Waals surface area contributed by atoms with Crippen molar-refractivity contribution in [1.82, 2.24) is 4.98 Å². The molecule has 1 aliphatic carbocycles. The minimum absolute atomic E-state index is 0.277. The first-order chi connectivity index (χ1) is 10.6. The second-order valence-electron chi connectivity index (χ2n) is 6.49. The van der Waals surface area contributed by atoms with E-state index in [-0.39, 0.29) is 5.41 Å². The van der Waals surface area contributed by atoms with Gasteiger partial charge in [-0.15, -0.1) is 0 Å². The first-order valence-corrected chi connectivity index (χ1v) is 8.04. The number of benzene rings is 1. The van der Waals surface area contributed by atoms with E-state index >= 15 is 0 Å². The summed E-state index contributed by atoms with van der Waals surface area (Å²) >= 11 is 6.17. The molecule has 4 rings (SSSR count). The number of hydrogen-bond acceptors (Lipinski definition) is 3. The summed E-state index contributed by atoms with van der Waals surface area (Å²) in [6.45, 7) is 4.24. The van der Waals surface area contributed by atoms with Gasteiger partial charge in [-0.1, -0.05) is 30.7 Å². The van der Waals surface area contributed by atoms with E-state index in [9.17, 15) is 0 Å². The maximum Gasteiger partial charge on any atom is 0.132 e. The smallest absolute Gasteiger partial charge is 0.132 e. The Balaban J connectivity index is 1.64. The Hall–Kier alpha value is -1.74. The zero-order valence-electron chi connectivity index (χ0n) is 12.8. The maximum absolute atomic E-state index is 6.17. The zero-order valence-corrected chi connectivity index (χ0v) is 13.6. The van der Waals surface area contributed by atoms with Crippen molar-refractivity contribution in [2.24, 2.45) is 5.92 Å². The maximum atomic E-state index is 6.17. The van der Waals surface area contributed by atoms with Gasteiger partial charge in [0.05, 0.1) is 12.1 Å². The van der Waals surface area contributed by atoms with Crippen molar-refractivity contribution in [2.45, 2.75) is 25.3 Å². The lowest BCUT2D eigenvalue weighted by Gasteiger charge is -2.19. The number of methoxy groups -OCH3 is 1. The fraction of sp³-hybridized carbons (Fsp3) is 0.389. The summed E-state index contributed by atoms with van der Waals surface area (Å²) < 4.78 is 5.23. The van der Waals surface area contributed by atoms with Crippen LogP contribution in [-0.4, -0.2) is 18.6 Å². The third-order valence-corrected chi connectivity index (χ3v) is 5.34. The molecule has 3 nitrogen and oxygen atoms in total. The molecule has 1 aromatic carbocycles. The second-order valence-corrected chi connectivity index (χ2v) is 6.93. The van der Waals surface area contributed by atoms with E-state index in [1.807, 2.05) is 12.1 Å². The van der Waals surface area contributed by atoms with Crippen LogP contribution in [0.4, 0.5) is 5.82 Å². The van der Waals surface area contributed by atoms with Gasteiger partial charge >= 0.3 is 0 Å². The molecule has 2 atom stereocenters. The highest BCUT2D eigenvalue weighted by Crippen LogP contribution is 2.60. The average Bonchev–Trinajstić information content (AvgIpc) is 3.07. The topological polar surface area (TPSA) is 25.4 Å². The molecule has 0 N–H and O–H groups in total. The molecule has 2 heterocycles. The van der Waals surface area contributed by atoms with Crippen LogP contribution in [0.1, 0.15) is 24.5 Å². The molecule has 2 aromatic rings. The molecule has 2 unspecified atom stereocenters. The summed E-state index contributed by atoms with van der Waals surface area (Å²) in [6.07, 6.45) is 2.99. The van der Waals surface area contributed by atoms with E-state index in [0.717, 1.165) is 29.7 Å². The molecule has 1 spiro atoms. The number of ether oxygens (including phenoxy) is 1. The Bertz CT molecular complexity index is 716. The molecule has 2 aliphatic rings. The number of aromatic nitrogens is 1. The quantitative estimate of drug-likeness (QED) is 0.855. The molecule has 1 aliphatic heterocycles. The van der Waals surface area contributed by atoms with Gasteiger partial charge in [0.1, 0.15) is 11.6 Å². The number of fused-ring (bicyclic) bond motifs is 2. The Labute approximate surface area is 135 Å². The fourth-order valence-corrected chi connectivity index (χ4v) is 3.87. The molecule has 0 saturated heterocycles. The van der Waals surface area contributed by atoms with Gasteiger partial charge in [-0.2, -0.15) is 0 Å². The van der Waals surface area contributed by atoms with Crippen LogP contribution in [0.2, 0.25) is 5.02 Å². The zero-order chi connectivity index (χ0) is 15.3. The van der Waals surface area contributed by atoms with Gasteiger partial charge in [0.15, 0.2) is 0 Å². The molecule has 0 amide bonds. The van der Waals surface area contributed by atoms with Gasteiger partial charge in [-0.25, -0.2) is 4.98 Å². The lowest BCUT2D eigenvalue weighted by atomic mass is 9.98. The number of halogens is 1. The average molecular weight is 315 g/mol. The summed E-state index contributed by atoms with van der Waals surface area (Å²) in [7, 11) is 1.69. The van der Waals surface area contributed by atoms with Crippen molar-refractivity contribution >= 4 is 17.4 Å². The minimum Gasteiger partial charge on any atom is -0.497 e. The molecule has 1 aromatic heterocycles. The van der Waals surface area contributed by atoms with Gasteiger partial charge in [-0.3, -0.25) is 0 Å². The van der Waals surface area contributed by atoms with Crippen LogP contribution < -0.4 is 9.64 Å². The van der Waals surface area contributed by atoms with Crippen LogP contribution in [0, 0.1) is 5.92 Å². The van der Waals surface area contributed by atoms with Crippen molar-refractivity contribution in [3.63, 3.8) is 0 Å². The lowest BCUT2D eigenvalue weighted by Crippen LogP contribution is -2.25. The number of nitrogens with zero attached hydrogens (tertiary/aromatic N) is 2. The highest BCUT2D eigenvalue weighted by Gasteiger charge is 2.58. The molecule has 0 radical (unpaired) electrons. The van der Waals surface area contributed by atoms with Crippen LogP contribution in [0.5, 0.6) is 5.75 Å². The third-order valence-electron chi connectivity index (χ3n) is 5.13. The number of rotatable bonds is 3. The highest BCUT2D eigenvalue weighted by molar-refractivity contribution is 6.30. The van der Waals surface area contributed by atoms with Gasteiger partial charge < -0.3 is 9.64 Å². The minimum atomic E-state index is 0.277. The second kappa shape index (κ2) is 4.88. The summed E-state index contributed by atoms with van der Waals surface area (Å²) in [6, 6.07) is 10.4. The van der Waals surface area contributed by atoms with Crippen molar-refractivity contribution in [3.05, 3.63) is 52.7 Å². The van der Waals surface area contributed by atoms with Crippen molar-refractivity contribution in [1.29, 1.82) is 0 Å². The lowest BCUT2D eigenvalue weighted by molar-refractivity contribution is 0.414. The Morgan fingerprint density at radius 3 is 2.73 bits per heavy atom. The van der Waals surface area contributed by atoms with Gasteiger partial charge in [0, 0.05) is 30.3 Å². The molecule has 114 valence electrons. The SMILES string of the molecule is COc1ccc(CN2CC3(CC3C)c3cc(Cl)cnc32)cc1. The van der Waals surface area contributed by atoms with E-state index in [1.165, 1.54) is 17.5 Å². The predicted molar refractivity (Wildman–Crippen MR) is 88.8 cm³/mol. The Kier molecular flexibility index (Phi) is 3.08. The van der Waals surface area contributed by atoms with Crippen molar-refractivity contribution in [2.75, 3.05) is 18.6 Å². The first kappa shape index (κ1) is 13.9. The number of hydrogen-bond donors (Lipinski definition) is 0. The van der Waals surface area contributed by atoms with Crippen molar-refractivity contribution in [3.8, 4) is 5.75 Å². The van der Waals surface area contributed by atoms with E-state index in [4.69, 9.17) is 16.3 Å². The van der Waals surface area contributed by atoms with Crippen LogP contribution >= 0.6 is 11.6 Å². The van der Waals surface area contributed by atoms with Crippen molar-refractivity contribution < 1.29 is 4.74 Å². The summed E-state index contributed by atoms with van der Waals surface area (Å²) in [5.41, 5.74) is 2.88. The number of anilines is 1. The predicted octanol–water partition coefficient (Wildman–Crippen LogP) is 4.04. The highest BCUT2D eigenvalue weighted by atomic mass is 35.5. The molecule has 1 saturated carbocycles. The van der Waals surface area contributed by atoms with Crippen LogP contribution in [0.3, 0.4) is 0 Å². The van der Waals surface area contributed by atoms with E-state index < -0.39 is 0 Å². The Morgan fingerprint density at radius 1 is 1.36 bits per heavy atom. The van der Waals surface area contributed by atoms with Gasteiger partial charge in [-0.05, 0) is 36.1 Å². The molecule has 22 heavy (non-hydrogen) atoms. The summed E-state index contributed by atoms with van der Waals surface area (Å²) in [5, 5.41) is 0.739. The number of pyridine rings is 1. The normalized spacial score (nSPS) is 25.4. The van der Waals surface area contributed by atoms with Crippen LogP contribution in [0.15, 0.2) is 36.5 Å². The monoisotopic (exact) mass is 314 g/mol. The molecular formula is C18H19ClN2O. The largest absolute Gasteiger partial charge is 0.497 e. The van der Waals surface area contributed by atoms with E-state index in [2.05, 4.69) is 35.0 Å². The van der Waals surface area contributed by atoms with Crippen LogP contribution in [-0.2, 0) is 12.0 Å². The summed E-state index contributed by atoms with van der Waals surface area (Å²) in [5.74, 6) is 2.71. The Morgan fingerprint density at radius 2 is 2.09 bits per heavy atom. The van der Waals surface area contributed by atoms with Gasteiger partial charge in [0.25, 0.3) is 0 Å². The van der Waals surface area contributed by atoms with Gasteiger partial charge in [0.2, 0.25) is 0 Å². The molecular weight excluding hydrogens is 296 g/mol. The van der Waals surface area contributed by atoms with E-state index in [1.54, 1.807) is 13.3 Å². The van der Waals surface area contributed by atoms with E-state index in [0.29, 0.717) is 5.92 Å². The molecule has 4 heteroatoms. The fourth-order valence-electron chi connectivity index (χ4n) is 3.72. The summed E-state index contributed by atoms with van der Waals surface area (Å²) in [4.78, 5) is 7.00. The molecule has 0 bridgehead atoms. The molecule has 1 fully saturated rings. The standard InChI is InChI=1S/C18H19ClN2O/c1-12-8-18(12)11-21(17-16(18)7-14(19)9-20-17)10-13-3-5-15(22-2)6-4-13/h3-7,9,12H,8,10-11H2,1-2H3. The first-order valence-electron chi connectivity index (χ1n) is 7.66. The van der Waals surface area contributed by atoms with Crippen LogP contribution in [0.25, 0.3) is 0 Å².